The fourth-order valence-corrected chi connectivity index (χ4v) is 2.04. The van der Waals surface area contributed by atoms with Crippen molar-refractivity contribution in [2.24, 2.45) is 0 Å². The van der Waals surface area contributed by atoms with Crippen molar-refractivity contribution in [1.29, 1.82) is 0 Å². The highest BCUT2D eigenvalue weighted by Gasteiger charge is 2.13. The second-order valence-electron chi connectivity index (χ2n) is 4.08. The van der Waals surface area contributed by atoms with Crippen LogP contribution in [0.15, 0.2) is 0 Å². The molecule has 0 saturated carbocycles. The van der Waals surface area contributed by atoms with Crippen LogP contribution in [0.3, 0.4) is 0 Å². The van der Waals surface area contributed by atoms with Crippen molar-refractivity contribution in [3.63, 3.8) is 0 Å². The fraction of sp³-hybridized carbons (Fsp3) is 0.818. The van der Waals surface area contributed by atoms with Gasteiger partial charge in [0, 0.05) is 18.7 Å². The molecule has 2 N–H and O–H groups in total. The van der Waals surface area contributed by atoms with Gasteiger partial charge >= 0.3 is 5.97 Å². The van der Waals surface area contributed by atoms with Crippen LogP contribution < -0.4 is 5.32 Å². The van der Waals surface area contributed by atoms with E-state index in [0.29, 0.717) is 13.0 Å². The normalized spacial score (nSPS) is 11.2. The summed E-state index contributed by atoms with van der Waals surface area (Å²) in [6.45, 7) is 1.94. The van der Waals surface area contributed by atoms with Crippen LogP contribution in [0.1, 0.15) is 39.0 Å². The molecule has 0 aromatic rings. The first-order valence-electron chi connectivity index (χ1n) is 6.06. The third-order valence-electron chi connectivity index (χ3n) is 2.43. The molecular formula is C11H21NO5S. The summed E-state index contributed by atoms with van der Waals surface area (Å²) in [4.78, 5) is 21.5. The summed E-state index contributed by atoms with van der Waals surface area (Å²) >= 11 is 0. The lowest BCUT2D eigenvalue weighted by Crippen LogP contribution is -2.31. The van der Waals surface area contributed by atoms with E-state index in [2.05, 4.69) is 5.32 Å². The Kier molecular flexibility index (Phi) is 8.36. The highest BCUT2D eigenvalue weighted by molar-refractivity contribution is 7.92. The number of carbonyl (C=O) groups excluding carboxylic acids is 1. The van der Waals surface area contributed by atoms with Gasteiger partial charge in [-0.2, -0.15) is 0 Å². The van der Waals surface area contributed by atoms with Crippen molar-refractivity contribution in [1.82, 2.24) is 5.32 Å². The molecule has 0 aliphatic rings. The Labute approximate surface area is 108 Å². The molecule has 0 aromatic heterocycles. The van der Waals surface area contributed by atoms with Crippen molar-refractivity contribution in [3.05, 3.63) is 0 Å². The first-order valence-corrected chi connectivity index (χ1v) is 7.88. The monoisotopic (exact) mass is 279 g/mol. The number of amides is 1. The third-order valence-corrected chi connectivity index (χ3v) is 4.01. The maximum Gasteiger partial charge on any atom is 0.303 e. The molecule has 0 aromatic carbocycles. The number of carboxylic acid groups (broad SMARTS) is 1. The second-order valence-corrected chi connectivity index (χ2v) is 6.44. The molecule has 0 aliphatic carbocycles. The predicted molar refractivity (Wildman–Crippen MR) is 68.1 cm³/mol. The van der Waals surface area contributed by atoms with Crippen LogP contribution in [0.2, 0.25) is 0 Å². The third kappa shape index (κ3) is 10.1. The van der Waals surface area contributed by atoms with E-state index in [9.17, 15) is 18.0 Å². The van der Waals surface area contributed by atoms with Crippen molar-refractivity contribution in [2.45, 2.75) is 39.0 Å². The fourth-order valence-electron chi connectivity index (χ4n) is 1.34. The van der Waals surface area contributed by atoms with E-state index in [1.54, 1.807) is 0 Å². The molecule has 0 radical (unpaired) electrons. The Bertz CT molecular complexity index is 364. The van der Waals surface area contributed by atoms with Crippen molar-refractivity contribution >= 4 is 21.7 Å². The minimum absolute atomic E-state index is 0.0321. The van der Waals surface area contributed by atoms with Gasteiger partial charge in [0.1, 0.15) is 5.75 Å². The van der Waals surface area contributed by atoms with Gasteiger partial charge in [0.15, 0.2) is 9.84 Å². The van der Waals surface area contributed by atoms with Crippen molar-refractivity contribution in [3.8, 4) is 0 Å². The number of carbonyl (C=O) groups is 2. The van der Waals surface area contributed by atoms with Crippen LogP contribution in [0.5, 0.6) is 0 Å². The van der Waals surface area contributed by atoms with E-state index in [-0.39, 0.29) is 12.2 Å². The minimum Gasteiger partial charge on any atom is -0.481 e. The quantitative estimate of drug-likeness (QED) is 0.569. The average molecular weight is 279 g/mol. The summed E-state index contributed by atoms with van der Waals surface area (Å²) in [5.74, 6) is -1.76. The smallest absolute Gasteiger partial charge is 0.303 e. The number of hydrogen-bond donors (Lipinski definition) is 2. The van der Waals surface area contributed by atoms with Crippen molar-refractivity contribution in [2.75, 3.05) is 18.1 Å². The minimum atomic E-state index is -3.26. The number of hydrogen-bond acceptors (Lipinski definition) is 4. The highest BCUT2D eigenvalue weighted by Crippen LogP contribution is 2.02. The molecule has 0 atom stereocenters. The van der Waals surface area contributed by atoms with Gasteiger partial charge in [0.05, 0.1) is 0 Å². The molecule has 106 valence electrons. The summed E-state index contributed by atoms with van der Waals surface area (Å²) in [6, 6.07) is 0. The van der Waals surface area contributed by atoms with Crippen LogP contribution in [0.4, 0.5) is 0 Å². The maximum absolute atomic E-state index is 11.2. The van der Waals surface area contributed by atoms with Crippen LogP contribution in [0.25, 0.3) is 0 Å². The molecule has 0 saturated heterocycles. The molecule has 0 spiro atoms. The molecule has 0 aliphatic heterocycles. The molecule has 1 amide bonds. The van der Waals surface area contributed by atoms with Crippen LogP contribution in [-0.2, 0) is 19.4 Å². The maximum atomic E-state index is 11.2. The standard InChI is InChI=1S/C11H21NO5S/c1-2-18(16,17)9-10(13)12-8-6-4-3-5-7-11(14)15/h2-9H2,1H3,(H,12,13)(H,14,15). The van der Waals surface area contributed by atoms with Crippen molar-refractivity contribution < 1.29 is 23.1 Å². The molecule has 0 unspecified atom stereocenters. The number of nitrogens with one attached hydrogen (secondary N) is 1. The average Bonchev–Trinajstić information content (AvgIpc) is 2.26. The van der Waals surface area contributed by atoms with Gasteiger partial charge in [0.2, 0.25) is 5.91 Å². The lowest BCUT2D eigenvalue weighted by molar-refractivity contribution is -0.137. The van der Waals surface area contributed by atoms with E-state index in [4.69, 9.17) is 5.11 Å². The van der Waals surface area contributed by atoms with E-state index in [1.165, 1.54) is 6.92 Å². The zero-order valence-corrected chi connectivity index (χ0v) is 11.5. The molecular weight excluding hydrogens is 258 g/mol. The summed E-state index contributed by atoms with van der Waals surface area (Å²) < 4.78 is 22.3. The van der Waals surface area contributed by atoms with Crippen LogP contribution in [0, 0.1) is 0 Å². The van der Waals surface area contributed by atoms with Gasteiger partial charge in [-0.1, -0.05) is 19.8 Å². The number of carboxylic acids is 1. The summed E-state index contributed by atoms with van der Waals surface area (Å²) in [5.41, 5.74) is 0. The molecule has 7 heteroatoms. The number of aliphatic carboxylic acids is 1. The summed E-state index contributed by atoms with van der Waals surface area (Å²) in [6.07, 6.45) is 3.16. The predicted octanol–water partition coefficient (Wildman–Crippen LogP) is 0.572. The summed E-state index contributed by atoms with van der Waals surface area (Å²) in [5, 5.41) is 10.9. The van der Waals surface area contributed by atoms with Gasteiger partial charge in [-0.05, 0) is 12.8 Å². The van der Waals surface area contributed by atoms with Crippen LogP contribution >= 0.6 is 0 Å². The number of unbranched alkanes of at least 4 members (excludes halogenated alkanes) is 3. The zero-order valence-electron chi connectivity index (χ0n) is 10.6. The summed E-state index contributed by atoms with van der Waals surface area (Å²) in [7, 11) is -3.26. The molecule has 0 fully saturated rings. The van der Waals surface area contributed by atoms with Gasteiger partial charge in [-0.3, -0.25) is 9.59 Å². The lowest BCUT2D eigenvalue weighted by atomic mass is 10.1. The Balaban J connectivity index is 3.50. The largest absolute Gasteiger partial charge is 0.481 e. The van der Waals surface area contributed by atoms with Gasteiger partial charge in [0.25, 0.3) is 0 Å². The Morgan fingerprint density at radius 3 is 2.28 bits per heavy atom. The number of rotatable bonds is 10. The Hall–Kier alpha value is -1.11. The molecule has 0 bridgehead atoms. The van der Waals surface area contributed by atoms with Crippen LogP contribution in [-0.4, -0.2) is 43.5 Å². The van der Waals surface area contributed by atoms with E-state index in [1.807, 2.05) is 0 Å². The Morgan fingerprint density at radius 1 is 1.11 bits per heavy atom. The highest BCUT2D eigenvalue weighted by atomic mass is 32.2. The molecule has 0 rings (SSSR count). The molecule has 6 nitrogen and oxygen atoms in total. The first-order chi connectivity index (χ1) is 8.37. The SMILES string of the molecule is CCS(=O)(=O)CC(=O)NCCCCCCC(=O)O. The zero-order chi connectivity index (χ0) is 14.0. The van der Waals surface area contributed by atoms with E-state index >= 15 is 0 Å². The van der Waals surface area contributed by atoms with Gasteiger partial charge in [-0.25, -0.2) is 8.42 Å². The van der Waals surface area contributed by atoms with E-state index < -0.39 is 27.5 Å². The topological polar surface area (TPSA) is 101 Å². The second kappa shape index (κ2) is 8.91. The lowest BCUT2D eigenvalue weighted by Gasteiger charge is -2.04. The Morgan fingerprint density at radius 2 is 1.72 bits per heavy atom. The van der Waals surface area contributed by atoms with Gasteiger partial charge in [-0.15, -0.1) is 0 Å². The van der Waals surface area contributed by atoms with E-state index in [0.717, 1.165) is 19.3 Å². The number of sulfone groups is 1. The molecule has 0 heterocycles. The first kappa shape index (κ1) is 16.9. The molecule has 18 heavy (non-hydrogen) atoms. The van der Waals surface area contributed by atoms with Gasteiger partial charge < -0.3 is 10.4 Å².